The Morgan fingerprint density at radius 3 is 2.67 bits per heavy atom. The van der Waals surface area contributed by atoms with E-state index >= 15 is 0 Å². The molecule has 0 saturated heterocycles. The molecule has 0 N–H and O–H groups in total. The first-order valence-electron chi connectivity index (χ1n) is 9.49. The van der Waals surface area contributed by atoms with Crippen LogP contribution in [0.5, 0.6) is 11.5 Å². The molecule has 5 rings (SSSR count). The lowest BCUT2D eigenvalue weighted by Crippen LogP contribution is -2.51. The van der Waals surface area contributed by atoms with Gasteiger partial charge in [-0.1, -0.05) is 0 Å². The molecule has 0 radical (unpaired) electrons. The maximum Gasteiger partial charge on any atom is 0.275 e. The lowest BCUT2D eigenvalue weighted by molar-refractivity contribution is -0.182. The van der Waals surface area contributed by atoms with Crippen molar-refractivity contribution in [1.29, 1.82) is 0 Å². The van der Waals surface area contributed by atoms with Gasteiger partial charge in [0.05, 0.1) is 24.9 Å². The second-order valence-electron chi connectivity index (χ2n) is 7.97. The van der Waals surface area contributed by atoms with E-state index < -0.39 is 11.3 Å². The topological polar surface area (TPSA) is 70.4 Å². The van der Waals surface area contributed by atoms with Gasteiger partial charge in [0.2, 0.25) is 5.92 Å². The second kappa shape index (κ2) is 6.60. The number of fused-ring (bicyclic) bond motifs is 1. The molecule has 2 aromatic heterocycles. The minimum atomic E-state index is -2.74. The number of nitrogens with zero attached hydrogens (tertiary/aromatic N) is 2. The van der Waals surface area contributed by atoms with Gasteiger partial charge in [-0.2, -0.15) is 0 Å². The Balaban J connectivity index is 1.41. The zero-order valence-electron chi connectivity index (χ0n) is 16.1. The SMILES string of the molecule is COc1cc(-n2cnc3ccsc3c2=O)ccc1OCC1(C2CC2=O)CC(F)(F)C1. The maximum absolute atomic E-state index is 13.6. The molecule has 1 unspecified atom stereocenters. The van der Waals surface area contributed by atoms with Crippen LogP contribution in [-0.2, 0) is 4.79 Å². The molecule has 0 spiro atoms. The van der Waals surface area contributed by atoms with Crippen LogP contribution in [0.15, 0.2) is 40.8 Å². The number of rotatable bonds is 6. The van der Waals surface area contributed by atoms with E-state index in [2.05, 4.69) is 4.98 Å². The van der Waals surface area contributed by atoms with Crippen molar-refractivity contribution in [3.05, 3.63) is 46.3 Å². The van der Waals surface area contributed by atoms with Crippen LogP contribution in [0, 0.1) is 11.3 Å². The summed E-state index contributed by atoms with van der Waals surface area (Å²) in [5, 5.41) is 1.81. The van der Waals surface area contributed by atoms with Gasteiger partial charge in [-0.05, 0) is 23.6 Å². The summed E-state index contributed by atoms with van der Waals surface area (Å²) in [6.07, 6.45) is 1.13. The zero-order chi connectivity index (χ0) is 21.1. The molecular formula is C21H18F2N2O4S. The zero-order valence-corrected chi connectivity index (χ0v) is 16.9. The number of alkyl halides is 2. The van der Waals surface area contributed by atoms with Crippen LogP contribution in [0.1, 0.15) is 19.3 Å². The number of hydrogen-bond donors (Lipinski definition) is 0. The van der Waals surface area contributed by atoms with Crippen LogP contribution in [-0.4, -0.2) is 35.0 Å². The van der Waals surface area contributed by atoms with E-state index in [0.29, 0.717) is 33.8 Å². The highest BCUT2D eigenvalue weighted by atomic mass is 32.1. The lowest BCUT2D eigenvalue weighted by Gasteiger charge is -2.46. The number of Topliss-reactive ketones (excluding diaryl/α,β-unsaturated/α-hetero) is 1. The molecule has 1 atom stereocenters. The lowest BCUT2D eigenvalue weighted by atomic mass is 9.63. The van der Waals surface area contributed by atoms with Gasteiger partial charge in [0.15, 0.2) is 11.5 Å². The molecule has 2 aliphatic rings. The molecule has 1 aromatic carbocycles. The van der Waals surface area contributed by atoms with E-state index in [9.17, 15) is 18.4 Å². The van der Waals surface area contributed by atoms with E-state index in [1.165, 1.54) is 29.3 Å². The summed E-state index contributed by atoms with van der Waals surface area (Å²) in [6, 6.07) is 6.75. The quantitative estimate of drug-likeness (QED) is 0.592. The van der Waals surface area contributed by atoms with Crippen molar-refractivity contribution in [2.24, 2.45) is 11.3 Å². The van der Waals surface area contributed by atoms with Gasteiger partial charge in [-0.15, -0.1) is 11.3 Å². The highest BCUT2D eigenvalue weighted by Crippen LogP contribution is 2.61. The number of carbonyl (C=O) groups is 1. The van der Waals surface area contributed by atoms with Crippen molar-refractivity contribution in [1.82, 2.24) is 9.55 Å². The van der Waals surface area contributed by atoms with E-state index in [1.54, 1.807) is 24.3 Å². The Labute approximate surface area is 174 Å². The Hall–Kier alpha value is -2.81. The largest absolute Gasteiger partial charge is 0.493 e. The number of hydrogen-bond acceptors (Lipinski definition) is 6. The van der Waals surface area contributed by atoms with E-state index in [4.69, 9.17) is 9.47 Å². The van der Waals surface area contributed by atoms with Crippen molar-refractivity contribution in [3.63, 3.8) is 0 Å². The van der Waals surface area contributed by atoms with Crippen LogP contribution < -0.4 is 15.0 Å². The van der Waals surface area contributed by atoms with Gasteiger partial charge in [0, 0.05) is 36.7 Å². The number of carbonyl (C=O) groups excluding carboxylic acids is 1. The molecule has 0 aliphatic heterocycles. The minimum Gasteiger partial charge on any atom is -0.493 e. The standard InChI is InChI=1S/C21H18F2N2O4S/c1-28-17-6-12(25-11-24-14-4-5-30-18(14)19(25)27)2-3-16(17)29-10-20(13-7-15(13)26)8-21(22,23)9-20/h2-6,11,13H,7-10H2,1H3. The number of halogens is 2. The highest BCUT2D eigenvalue weighted by Gasteiger charge is 2.66. The third kappa shape index (κ3) is 3.08. The van der Waals surface area contributed by atoms with Crippen molar-refractivity contribution in [2.45, 2.75) is 25.2 Å². The number of ether oxygens (including phenoxy) is 2. The summed E-state index contributed by atoms with van der Waals surface area (Å²) >= 11 is 1.32. The molecule has 2 aliphatic carbocycles. The Morgan fingerprint density at radius 1 is 1.23 bits per heavy atom. The molecule has 2 heterocycles. The molecule has 9 heteroatoms. The Bertz CT molecular complexity index is 1210. The van der Waals surface area contributed by atoms with Crippen molar-refractivity contribution in [2.75, 3.05) is 13.7 Å². The summed E-state index contributed by atoms with van der Waals surface area (Å²) in [6.45, 7) is 0.0252. The first kappa shape index (κ1) is 19.2. The highest BCUT2D eigenvalue weighted by molar-refractivity contribution is 7.17. The molecule has 6 nitrogen and oxygen atoms in total. The number of ketones is 1. The van der Waals surface area contributed by atoms with E-state index in [-0.39, 0.29) is 36.7 Å². The molecule has 30 heavy (non-hydrogen) atoms. The van der Waals surface area contributed by atoms with Gasteiger partial charge in [0.25, 0.3) is 5.56 Å². The van der Waals surface area contributed by atoms with Crippen LogP contribution in [0.3, 0.4) is 0 Å². The van der Waals surface area contributed by atoms with Gasteiger partial charge < -0.3 is 9.47 Å². The fraction of sp³-hybridized carbons (Fsp3) is 0.381. The normalized spacial score (nSPS) is 21.3. The molecule has 2 fully saturated rings. The predicted octanol–water partition coefficient (Wildman–Crippen LogP) is 3.84. The van der Waals surface area contributed by atoms with E-state index in [1.807, 2.05) is 5.38 Å². The van der Waals surface area contributed by atoms with E-state index in [0.717, 1.165) is 0 Å². The fourth-order valence-electron chi connectivity index (χ4n) is 4.30. The van der Waals surface area contributed by atoms with Gasteiger partial charge in [0.1, 0.15) is 16.8 Å². The summed E-state index contributed by atoms with van der Waals surface area (Å²) in [4.78, 5) is 28.6. The second-order valence-corrected chi connectivity index (χ2v) is 8.89. The third-order valence-corrected chi connectivity index (χ3v) is 6.80. The Kier molecular flexibility index (Phi) is 4.22. The summed E-state index contributed by atoms with van der Waals surface area (Å²) < 4.78 is 40.3. The number of methoxy groups -OCH3 is 1. The number of thiophene rings is 1. The predicted molar refractivity (Wildman–Crippen MR) is 107 cm³/mol. The fourth-order valence-corrected chi connectivity index (χ4v) is 5.08. The summed E-state index contributed by atoms with van der Waals surface area (Å²) in [5.41, 5.74) is 0.197. The minimum absolute atomic E-state index is 0.0206. The van der Waals surface area contributed by atoms with Crippen molar-refractivity contribution in [3.8, 4) is 17.2 Å². The van der Waals surface area contributed by atoms with Gasteiger partial charge >= 0.3 is 0 Å². The van der Waals surface area contributed by atoms with Crippen LogP contribution in [0.4, 0.5) is 8.78 Å². The van der Waals surface area contributed by atoms with Crippen LogP contribution >= 0.6 is 11.3 Å². The van der Waals surface area contributed by atoms with Crippen LogP contribution in [0.2, 0.25) is 0 Å². The Morgan fingerprint density at radius 2 is 2.00 bits per heavy atom. The monoisotopic (exact) mass is 432 g/mol. The number of benzene rings is 1. The first-order valence-corrected chi connectivity index (χ1v) is 10.4. The molecule has 2 saturated carbocycles. The van der Waals surface area contributed by atoms with Gasteiger partial charge in [-0.3, -0.25) is 14.2 Å². The average Bonchev–Trinajstić information content (AvgIpc) is 3.23. The smallest absolute Gasteiger partial charge is 0.275 e. The maximum atomic E-state index is 13.6. The average molecular weight is 432 g/mol. The van der Waals surface area contributed by atoms with Crippen LogP contribution in [0.25, 0.3) is 15.9 Å². The summed E-state index contributed by atoms with van der Waals surface area (Å²) in [7, 11) is 1.47. The first-order chi connectivity index (χ1) is 14.3. The summed E-state index contributed by atoms with van der Waals surface area (Å²) in [5.74, 6) is -2.32. The molecule has 156 valence electrons. The van der Waals surface area contributed by atoms with Crippen molar-refractivity contribution < 1.29 is 23.0 Å². The molecule has 3 aromatic rings. The number of aromatic nitrogens is 2. The van der Waals surface area contributed by atoms with Gasteiger partial charge in [-0.25, -0.2) is 13.8 Å². The van der Waals surface area contributed by atoms with Crippen molar-refractivity contribution >= 4 is 27.3 Å². The third-order valence-electron chi connectivity index (χ3n) is 5.90. The molecule has 0 amide bonds. The molecule has 0 bridgehead atoms. The molecular weight excluding hydrogens is 414 g/mol.